The molecule has 0 saturated heterocycles. The van der Waals surface area contributed by atoms with E-state index in [1.807, 2.05) is 19.1 Å². The molecule has 0 aliphatic heterocycles. The molecular weight excluding hydrogens is 258 g/mol. The van der Waals surface area contributed by atoms with Crippen LogP contribution < -0.4 is 16.0 Å². The molecule has 0 bridgehead atoms. The lowest BCUT2D eigenvalue weighted by atomic mass is 10.1. The molecule has 1 aromatic rings. The van der Waals surface area contributed by atoms with E-state index in [1.165, 1.54) is 0 Å². The van der Waals surface area contributed by atoms with E-state index in [-0.39, 0.29) is 0 Å². The summed E-state index contributed by atoms with van der Waals surface area (Å²) in [5, 5.41) is 7.47. The van der Waals surface area contributed by atoms with Crippen molar-refractivity contribution in [3.8, 4) is 0 Å². The molecule has 20 heavy (non-hydrogen) atoms. The number of carbonyl (C=O) groups is 3. The number of hydrogen-bond donors (Lipinski definition) is 3. The average Bonchev–Trinajstić information content (AvgIpc) is 2.47. The number of benzene rings is 1. The van der Waals surface area contributed by atoms with Gasteiger partial charge < -0.3 is 16.0 Å². The number of anilines is 1. The van der Waals surface area contributed by atoms with Crippen LogP contribution in [0.2, 0.25) is 0 Å². The number of aryl methyl sites for hydroxylation is 1. The van der Waals surface area contributed by atoms with E-state index in [4.69, 9.17) is 0 Å². The first kappa shape index (κ1) is 15.7. The third kappa shape index (κ3) is 5.51. The molecule has 0 saturated carbocycles. The van der Waals surface area contributed by atoms with Crippen LogP contribution in [-0.2, 0) is 20.8 Å². The van der Waals surface area contributed by atoms with Gasteiger partial charge in [-0.3, -0.25) is 14.4 Å². The summed E-state index contributed by atoms with van der Waals surface area (Å²) in [6.07, 6.45) is 2.08. The summed E-state index contributed by atoms with van der Waals surface area (Å²) in [4.78, 5) is 33.1. The quantitative estimate of drug-likeness (QED) is 0.384. The highest BCUT2D eigenvalue weighted by Gasteiger charge is 2.12. The highest BCUT2D eigenvalue weighted by atomic mass is 16.2. The van der Waals surface area contributed by atoms with Crippen LogP contribution in [0.3, 0.4) is 0 Å². The Morgan fingerprint density at radius 3 is 2.40 bits per heavy atom. The number of rotatable bonds is 7. The minimum atomic E-state index is -0.697. The predicted octanol–water partition coefficient (Wildman–Crippen LogP) is 0.440. The Kier molecular flexibility index (Phi) is 6.81. The Balaban J connectivity index is 2.33. The van der Waals surface area contributed by atoms with Gasteiger partial charge in [0, 0.05) is 18.8 Å². The van der Waals surface area contributed by atoms with Crippen molar-refractivity contribution in [1.29, 1.82) is 0 Å². The van der Waals surface area contributed by atoms with Crippen molar-refractivity contribution in [2.75, 3.05) is 18.4 Å². The second-order valence-electron chi connectivity index (χ2n) is 4.19. The fourth-order valence-corrected chi connectivity index (χ4v) is 1.54. The smallest absolute Gasteiger partial charge is 0.313 e. The van der Waals surface area contributed by atoms with Gasteiger partial charge in [-0.25, -0.2) is 0 Å². The second-order valence-corrected chi connectivity index (χ2v) is 4.19. The summed E-state index contributed by atoms with van der Waals surface area (Å²) >= 11 is 0. The maximum absolute atomic E-state index is 11.6. The maximum Gasteiger partial charge on any atom is 0.313 e. The molecule has 0 unspecified atom stereocenters. The number of carbonyl (C=O) groups excluding carboxylic acids is 3. The first-order valence-electron chi connectivity index (χ1n) is 6.52. The van der Waals surface area contributed by atoms with Crippen LogP contribution in [0.4, 0.5) is 5.69 Å². The first-order valence-corrected chi connectivity index (χ1v) is 6.52. The van der Waals surface area contributed by atoms with Crippen LogP contribution >= 0.6 is 0 Å². The van der Waals surface area contributed by atoms with Crippen LogP contribution in [-0.4, -0.2) is 31.3 Å². The van der Waals surface area contributed by atoms with Crippen molar-refractivity contribution < 1.29 is 14.4 Å². The van der Waals surface area contributed by atoms with Gasteiger partial charge in [-0.2, -0.15) is 0 Å². The third-order valence-electron chi connectivity index (χ3n) is 2.69. The minimum Gasteiger partial charge on any atom is -0.359 e. The van der Waals surface area contributed by atoms with Gasteiger partial charge in [0.2, 0.25) is 6.41 Å². The standard InChI is InChI=1S/C14H19N3O3/c1-2-11-4-6-12(7-5-11)17-14(20)13(19)16-9-3-8-15-10-18/h4-7,10H,2-3,8-9H2,1H3,(H,15,18)(H,16,19)(H,17,20). The predicted molar refractivity (Wildman–Crippen MR) is 76.1 cm³/mol. The Bertz CT molecular complexity index is 457. The second kappa shape index (κ2) is 8.68. The zero-order valence-corrected chi connectivity index (χ0v) is 11.4. The van der Waals surface area contributed by atoms with Gasteiger partial charge in [0.15, 0.2) is 0 Å². The summed E-state index contributed by atoms with van der Waals surface area (Å²) in [5.41, 5.74) is 1.75. The van der Waals surface area contributed by atoms with E-state index >= 15 is 0 Å². The Hall–Kier alpha value is -2.37. The van der Waals surface area contributed by atoms with Crippen molar-refractivity contribution in [2.45, 2.75) is 19.8 Å². The molecular formula is C14H19N3O3. The summed E-state index contributed by atoms with van der Waals surface area (Å²) in [5.74, 6) is -1.38. The van der Waals surface area contributed by atoms with Crippen LogP contribution in [0.1, 0.15) is 18.9 Å². The molecule has 3 N–H and O–H groups in total. The molecule has 1 aromatic carbocycles. The van der Waals surface area contributed by atoms with Crippen LogP contribution in [0.15, 0.2) is 24.3 Å². The molecule has 0 aromatic heterocycles. The normalized spacial score (nSPS) is 9.65. The molecule has 0 radical (unpaired) electrons. The summed E-state index contributed by atoms with van der Waals surface area (Å²) in [6.45, 7) is 2.84. The Morgan fingerprint density at radius 1 is 1.10 bits per heavy atom. The van der Waals surface area contributed by atoms with Gasteiger partial charge in [-0.15, -0.1) is 0 Å². The first-order chi connectivity index (χ1) is 9.67. The van der Waals surface area contributed by atoms with Crippen LogP contribution in [0, 0.1) is 0 Å². The lowest BCUT2D eigenvalue weighted by molar-refractivity contribution is -0.136. The highest BCUT2D eigenvalue weighted by Crippen LogP contribution is 2.09. The molecule has 0 aliphatic carbocycles. The highest BCUT2D eigenvalue weighted by molar-refractivity contribution is 6.39. The van der Waals surface area contributed by atoms with Gasteiger partial charge in [-0.1, -0.05) is 19.1 Å². The van der Waals surface area contributed by atoms with E-state index < -0.39 is 11.8 Å². The van der Waals surface area contributed by atoms with Crippen molar-refractivity contribution in [2.24, 2.45) is 0 Å². The monoisotopic (exact) mass is 277 g/mol. The van der Waals surface area contributed by atoms with E-state index in [2.05, 4.69) is 16.0 Å². The number of hydrogen-bond acceptors (Lipinski definition) is 3. The molecule has 6 heteroatoms. The lowest BCUT2D eigenvalue weighted by Gasteiger charge is -2.07. The van der Waals surface area contributed by atoms with E-state index in [1.54, 1.807) is 12.1 Å². The van der Waals surface area contributed by atoms with E-state index in [9.17, 15) is 14.4 Å². The SMILES string of the molecule is CCc1ccc(NC(=O)C(=O)NCCCNC=O)cc1. The van der Waals surface area contributed by atoms with Gasteiger partial charge in [0.05, 0.1) is 0 Å². The van der Waals surface area contributed by atoms with Crippen molar-refractivity contribution in [3.63, 3.8) is 0 Å². The summed E-state index contributed by atoms with van der Waals surface area (Å²) in [6, 6.07) is 7.33. The summed E-state index contributed by atoms with van der Waals surface area (Å²) in [7, 11) is 0. The maximum atomic E-state index is 11.6. The molecule has 108 valence electrons. The average molecular weight is 277 g/mol. The summed E-state index contributed by atoms with van der Waals surface area (Å²) < 4.78 is 0. The minimum absolute atomic E-state index is 0.335. The van der Waals surface area contributed by atoms with Crippen molar-refractivity contribution in [1.82, 2.24) is 10.6 Å². The molecule has 0 atom stereocenters. The molecule has 3 amide bonds. The largest absolute Gasteiger partial charge is 0.359 e. The Labute approximate surface area is 117 Å². The lowest BCUT2D eigenvalue weighted by Crippen LogP contribution is -2.36. The van der Waals surface area contributed by atoms with Crippen molar-refractivity contribution >= 4 is 23.9 Å². The number of amides is 3. The molecule has 0 heterocycles. The van der Waals surface area contributed by atoms with Crippen molar-refractivity contribution in [3.05, 3.63) is 29.8 Å². The number of nitrogens with one attached hydrogen (secondary N) is 3. The topological polar surface area (TPSA) is 87.3 Å². The molecule has 0 fully saturated rings. The third-order valence-corrected chi connectivity index (χ3v) is 2.69. The Morgan fingerprint density at radius 2 is 1.80 bits per heavy atom. The molecule has 1 rings (SSSR count). The fourth-order valence-electron chi connectivity index (χ4n) is 1.54. The zero-order chi connectivity index (χ0) is 14.8. The van der Waals surface area contributed by atoms with E-state index in [0.29, 0.717) is 31.6 Å². The molecule has 6 nitrogen and oxygen atoms in total. The van der Waals surface area contributed by atoms with Gasteiger partial charge in [0.25, 0.3) is 0 Å². The zero-order valence-electron chi connectivity index (χ0n) is 11.4. The van der Waals surface area contributed by atoms with Crippen LogP contribution in [0.5, 0.6) is 0 Å². The molecule has 0 aliphatic rings. The molecule has 0 spiro atoms. The van der Waals surface area contributed by atoms with Gasteiger partial charge in [-0.05, 0) is 30.5 Å². The van der Waals surface area contributed by atoms with Gasteiger partial charge in [0.1, 0.15) is 0 Å². The fraction of sp³-hybridized carbons (Fsp3) is 0.357. The van der Waals surface area contributed by atoms with Crippen LogP contribution in [0.25, 0.3) is 0 Å². The van der Waals surface area contributed by atoms with E-state index in [0.717, 1.165) is 12.0 Å². The van der Waals surface area contributed by atoms with Gasteiger partial charge >= 0.3 is 11.8 Å².